The van der Waals surface area contributed by atoms with Crippen LogP contribution < -0.4 is 4.74 Å². The summed E-state index contributed by atoms with van der Waals surface area (Å²) in [7, 11) is 1.44. The highest BCUT2D eigenvalue weighted by Gasteiger charge is 2.30. The number of hydrogen-bond acceptors (Lipinski definition) is 4. The van der Waals surface area contributed by atoms with E-state index in [0.29, 0.717) is 32.4 Å². The molecule has 0 aliphatic carbocycles. The Morgan fingerprint density at radius 3 is 2.69 bits per heavy atom. The Kier molecular flexibility index (Phi) is 5.83. The van der Waals surface area contributed by atoms with Crippen LogP contribution in [0.25, 0.3) is 0 Å². The van der Waals surface area contributed by atoms with Crippen molar-refractivity contribution in [3.63, 3.8) is 0 Å². The molecule has 26 heavy (non-hydrogen) atoms. The van der Waals surface area contributed by atoms with E-state index < -0.39 is 11.8 Å². The van der Waals surface area contributed by atoms with Gasteiger partial charge in [0.2, 0.25) is 0 Å². The summed E-state index contributed by atoms with van der Waals surface area (Å²) in [5, 5.41) is 9.22. The molecule has 0 saturated carbocycles. The van der Waals surface area contributed by atoms with Gasteiger partial charge < -0.3 is 9.84 Å². The van der Waals surface area contributed by atoms with Gasteiger partial charge in [0.05, 0.1) is 13.0 Å². The molecule has 1 fully saturated rings. The number of methoxy groups -OCH3 is 1. The van der Waals surface area contributed by atoms with E-state index in [4.69, 9.17) is 4.74 Å². The van der Waals surface area contributed by atoms with E-state index in [2.05, 4.69) is 9.88 Å². The van der Waals surface area contributed by atoms with Crippen molar-refractivity contribution in [1.29, 1.82) is 0 Å². The SMILES string of the molecule is COc1ccc(C(Cc2ccccn2)N2CCC(C(=O)O)CC2)cc1F. The van der Waals surface area contributed by atoms with Crippen LogP contribution in [0.15, 0.2) is 42.6 Å². The number of aliphatic carboxylic acids is 1. The van der Waals surface area contributed by atoms with Crippen molar-refractivity contribution in [1.82, 2.24) is 9.88 Å². The molecule has 0 spiro atoms. The maximum absolute atomic E-state index is 14.2. The molecule has 1 aromatic heterocycles. The third-order valence-corrected chi connectivity index (χ3v) is 5.01. The molecule has 1 saturated heterocycles. The van der Waals surface area contributed by atoms with Gasteiger partial charge in [-0.05, 0) is 55.8 Å². The van der Waals surface area contributed by atoms with Crippen LogP contribution in [0.4, 0.5) is 4.39 Å². The number of rotatable bonds is 6. The molecule has 6 heteroatoms. The van der Waals surface area contributed by atoms with E-state index in [1.165, 1.54) is 13.2 Å². The van der Waals surface area contributed by atoms with Crippen molar-refractivity contribution in [3.8, 4) is 5.75 Å². The summed E-state index contributed by atoms with van der Waals surface area (Å²) in [4.78, 5) is 17.8. The quantitative estimate of drug-likeness (QED) is 0.858. The molecule has 1 aliphatic heterocycles. The van der Waals surface area contributed by atoms with Crippen LogP contribution in [0.5, 0.6) is 5.75 Å². The third kappa shape index (κ3) is 4.19. The first kappa shape index (κ1) is 18.3. The number of carboxylic acid groups (broad SMARTS) is 1. The molecule has 1 aromatic carbocycles. The van der Waals surface area contributed by atoms with Crippen molar-refractivity contribution >= 4 is 5.97 Å². The number of piperidine rings is 1. The van der Waals surface area contributed by atoms with Crippen LogP contribution in [0.1, 0.15) is 30.1 Å². The monoisotopic (exact) mass is 358 g/mol. The highest BCUT2D eigenvalue weighted by molar-refractivity contribution is 5.70. The molecule has 138 valence electrons. The van der Waals surface area contributed by atoms with Crippen molar-refractivity contribution < 1.29 is 19.0 Å². The molecular formula is C20H23FN2O3. The number of carbonyl (C=O) groups is 1. The Labute approximate surface area is 152 Å². The minimum Gasteiger partial charge on any atom is -0.494 e. The fraction of sp³-hybridized carbons (Fsp3) is 0.400. The number of likely N-dealkylation sites (tertiary alicyclic amines) is 1. The minimum absolute atomic E-state index is 0.0555. The molecule has 5 nitrogen and oxygen atoms in total. The van der Waals surface area contributed by atoms with Gasteiger partial charge in [-0.1, -0.05) is 12.1 Å². The standard InChI is InChI=1S/C20H23FN2O3/c1-26-19-6-5-15(12-17(19)21)18(13-16-4-2-3-9-22-16)23-10-7-14(8-11-23)20(24)25/h2-6,9,12,14,18H,7-8,10-11,13H2,1H3,(H,24,25). The lowest BCUT2D eigenvalue weighted by Gasteiger charge is -2.37. The van der Waals surface area contributed by atoms with Crippen molar-refractivity contribution in [2.24, 2.45) is 5.92 Å². The van der Waals surface area contributed by atoms with Crippen molar-refractivity contribution in [2.45, 2.75) is 25.3 Å². The molecule has 1 aliphatic rings. The smallest absolute Gasteiger partial charge is 0.306 e. The van der Waals surface area contributed by atoms with Gasteiger partial charge in [-0.3, -0.25) is 14.7 Å². The van der Waals surface area contributed by atoms with Crippen LogP contribution in [0.3, 0.4) is 0 Å². The zero-order chi connectivity index (χ0) is 18.5. The summed E-state index contributed by atoms with van der Waals surface area (Å²) in [6.07, 6.45) is 3.60. The fourth-order valence-corrected chi connectivity index (χ4v) is 3.52. The first-order chi connectivity index (χ1) is 12.6. The van der Waals surface area contributed by atoms with Gasteiger partial charge in [-0.25, -0.2) is 4.39 Å². The van der Waals surface area contributed by atoms with Gasteiger partial charge in [0, 0.05) is 24.4 Å². The molecule has 2 heterocycles. The number of carboxylic acids is 1. The molecule has 0 amide bonds. The lowest BCUT2D eigenvalue weighted by Crippen LogP contribution is -2.39. The van der Waals surface area contributed by atoms with Gasteiger partial charge in [-0.2, -0.15) is 0 Å². The average Bonchev–Trinajstić information content (AvgIpc) is 2.67. The van der Waals surface area contributed by atoms with E-state index >= 15 is 0 Å². The highest BCUT2D eigenvalue weighted by atomic mass is 19.1. The minimum atomic E-state index is -0.735. The second kappa shape index (κ2) is 8.27. The van der Waals surface area contributed by atoms with E-state index in [0.717, 1.165) is 11.3 Å². The average molecular weight is 358 g/mol. The van der Waals surface area contributed by atoms with Crippen LogP contribution in [0.2, 0.25) is 0 Å². The van der Waals surface area contributed by atoms with E-state index in [9.17, 15) is 14.3 Å². The first-order valence-corrected chi connectivity index (χ1v) is 8.78. The van der Waals surface area contributed by atoms with E-state index in [1.807, 2.05) is 24.3 Å². The second-order valence-corrected chi connectivity index (χ2v) is 6.58. The van der Waals surface area contributed by atoms with Gasteiger partial charge in [-0.15, -0.1) is 0 Å². The maximum Gasteiger partial charge on any atom is 0.306 e. The highest BCUT2D eigenvalue weighted by Crippen LogP contribution is 2.31. The zero-order valence-corrected chi connectivity index (χ0v) is 14.8. The first-order valence-electron chi connectivity index (χ1n) is 8.78. The molecular weight excluding hydrogens is 335 g/mol. The fourth-order valence-electron chi connectivity index (χ4n) is 3.52. The second-order valence-electron chi connectivity index (χ2n) is 6.58. The van der Waals surface area contributed by atoms with Crippen LogP contribution in [0, 0.1) is 11.7 Å². The zero-order valence-electron chi connectivity index (χ0n) is 14.8. The summed E-state index contributed by atoms with van der Waals surface area (Å²) in [6.45, 7) is 1.34. The molecule has 1 atom stereocenters. The third-order valence-electron chi connectivity index (χ3n) is 5.01. The number of pyridine rings is 1. The number of halogens is 1. The molecule has 1 N–H and O–H groups in total. The van der Waals surface area contributed by atoms with E-state index in [1.54, 1.807) is 12.3 Å². The van der Waals surface area contributed by atoms with Crippen LogP contribution in [-0.2, 0) is 11.2 Å². The lowest BCUT2D eigenvalue weighted by molar-refractivity contribution is -0.143. The number of hydrogen-bond donors (Lipinski definition) is 1. The van der Waals surface area contributed by atoms with Crippen LogP contribution in [-0.4, -0.2) is 41.2 Å². The number of ether oxygens (including phenoxy) is 1. The van der Waals surface area contributed by atoms with Crippen molar-refractivity contribution in [3.05, 3.63) is 59.7 Å². The van der Waals surface area contributed by atoms with Gasteiger partial charge in [0.25, 0.3) is 0 Å². The molecule has 0 bridgehead atoms. The summed E-state index contributed by atoms with van der Waals surface area (Å²) < 4.78 is 19.3. The van der Waals surface area contributed by atoms with Gasteiger partial charge in [0.15, 0.2) is 11.6 Å². The molecule has 1 unspecified atom stereocenters. The largest absolute Gasteiger partial charge is 0.494 e. The lowest BCUT2D eigenvalue weighted by atomic mass is 9.92. The Bertz CT molecular complexity index is 746. The maximum atomic E-state index is 14.2. The Balaban J connectivity index is 1.85. The Morgan fingerprint density at radius 1 is 1.35 bits per heavy atom. The number of benzene rings is 1. The topological polar surface area (TPSA) is 62.7 Å². The Hall–Kier alpha value is -2.47. The predicted molar refractivity (Wildman–Crippen MR) is 95.6 cm³/mol. The summed E-state index contributed by atoms with van der Waals surface area (Å²) in [5.74, 6) is -1.21. The van der Waals surface area contributed by atoms with Gasteiger partial charge >= 0.3 is 5.97 Å². The molecule has 3 rings (SSSR count). The van der Waals surface area contributed by atoms with Gasteiger partial charge in [0.1, 0.15) is 0 Å². The Morgan fingerprint density at radius 2 is 2.12 bits per heavy atom. The normalized spacial score (nSPS) is 17.0. The molecule has 2 aromatic rings. The summed E-state index contributed by atoms with van der Waals surface area (Å²) in [6, 6.07) is 10.7. The summed E-state index contributed by atoms with van der Waals surface area (Å²) >= 11 is 0. The predicted octanol–water partition coefficient (Wildman–Crippen LogP) is 3.31. The number of nitrogens with zero attached hydrogens (tertiary/aromatic N) is 2. The molecule has 0 radical (unpaired) electrons. The van der Waals surface area contributed by atoms with Crippen molar-refractivity contribution in [2.75, 3.05) is 20.2 Å². The van der Waals surface area contributed by atoms with Crippen LogP contribution >= 0.6 is 0 Å². The summed E-state index contributed by atoms with van der Waals surface area (Å²) in [5.41, 5.74) is 1.77. The van der Waals surface area contributed by atoms with E-state index in [-0.39, 0.29) is 17.7 Å². The number of aromatic nitrogens is 1.